The predicted octanol–water partition coefficient (Wildman–Crippen LogP) is 2.22. The van der Waals surface area contributed by atoms with E-state index in [4.69, 9.17) is 15.8 Å². The van der Waals surface area contributed by atoms with Crippen molar-refractivity contribution in [1.82, 2.24) is 0 Å². The number of benzene rings is 1. The molecule has 112 valence electrons. The maximum Gasteiger partial charge on any atom is 0.501 e. The Bertz CT molecular complexity index is 819. The van der Waals surface area contributed by atoms with Crippen LogP contribution in [0.1, 0.15) is 0 Å². The highest BCUT2D eigenvalue weighted by molar-refractivity contribution is 7.92. The van der Waals surface area contributed by atoms with E-state index in [1.165, 1.54) is 12.1 Å². The van der Waals surface area contributed by atoms with Gasteiger partial charge in [0.05, 0.1) is 4.90 Å². The zero-order chi connectivity index (χ0) is 17.0. The van der Waals surface area contributed by atoms with Crippen LogP contribution in [0.5, 0.6) is 0 Å². The molecule has 1 N–H and O–H groups in total. The molecule has 10 heteroatoms. The predicted molar refractivity (Wildman–Crippen MR) is 67.2 cm³/mol. The first-order valence-electron chi connectivity index (χ1n) is 5.30. The van der Waals surface area contributed by atoms with Gasteiger partial charge in [0, 0.05) is 5.69 Å². The zero-order valence-electron chi connectivity index (χ0n) is 10.5. The van der Waals surface area contributed by atoms with Crippen molar-refractivity contribution in [3.8, 4) is 18.2 Å². The maximum atomic E-state index is 12.4. The lowest BCUT2D eigenvalue weighted by Crippen LogP contribution is -2.23. The van der Waals surface area contributed by atoms with Gasteiger partial charge in [0.25, 0.3) is 9.84 Å². The van der Waals surface area contributed by atoms with E-state index in [1.807, 2.05) is 0 Å². The minimum atomic E-state index is -5.46. The van der Waals surface area contributed by atoms with E-state index in [0.717, 1.165) is 12.1 Å². The number of alkyl halides is 3. The van der Waals surface area contributed by atoms with Crippen LogP contribution in [-0.4, -0.2) is 13.9 Å². The number of halogens is 3. The molecule has 0 unspecified atom stereocenters. The standard InChI is InChI=1S/C12H5F3N4O2S/c13-12(14,15)22(20,21)10-3-1-9(2-4-10)19-11(7-18)8(5-16)6-17/h1-4,19H. The summed E-state index contributed by atoms with van der Waals surface area (Å²) in [7, 11) is -5.46. The van der Waals surface area contributed by atoms with E-state index < -0.39 is 31.5 Å². The molecule has 1 aromatic rings. The largest absolute Gasteiger partial charge is 0.501 e. The van der Waals surface area contributed by atoms with Gasteiger partial charge in [-0.15, -0.1) is 0 Å². The van der Waals surface area contributed by atoms with Gasteiger partial charge in [-0.3, -0.25) is 0 Å². The average Bonchev–Trinajstić information content (AvgIpc) is 2.46. The Morgan fingerprint density at radius 1 is 1.00 bits per heavy atom. The summed E-state index contributed by atoms with van der Waals surface area (Å²) >= 11 is 0. The third-order valence-corrected chi connectivity index (χ3v) is 3.83. The van der Waals surface area contributed by atoms with Crippen LogP contribution in [0.15, 0.2) is 40.4 Å². The summed E-state index contributed by atoms with van der Waals surface area (Å²) in [5, 5.41) is 28.4. The number of nitrogens with one attached hydrogen (secondary N) is 1. The quantitative estimate of drug-likeness (QED) is 0.851. The van der Waals surface area contributed by atoms with Crippen LogP contribution >= 0.6 is 0 Å². The van der Waals surface area contributed by atoms with E-state index in [2.05, 4.69) is 5.32 Å². The van der Waals surface area contributed by atoms with Crippen LogP contribution in [0.25, 0.3) is 0 Å². The van der Waals surface area contributed by atoms with Crippen LogP contribution in [0.4, 0.5) is 18.9 Å². The maximum absolute atomic E-state index is 12.4. The summed E-state index contributed by atoms with van der Waals surface area (Å²) in [5.41, 5.74) is -6.30. The molecule has 0 radical (unpaired) electrons. The highest BCUT2D eigenvalue weighted by atomic mass is 32.2. The van der Waals surface area contributed by atoms with Crippen molar-refractivity contribution in [1.29, 1.82) is 15.8 Å². The van der Waals surface area contributed by atoms with Gasteiger partial charge in [0.1, 0.15) is 23.9 Å². The van der Waals surface area contributed by atoms with Crippen molar-refractivity contribution in [2.45, 2.75) is 10.4 Å². The van der Waals surface area contributed by atoms with E-state index in [-0.39, 0.29) is 5.69 Å². The highest BCUT2D eigenvalue weighted by Gasteiger charge is 2.46. The summed E-state index contributed by atoms with van der Waals surface area (Å²) in [5.74, 6) is 0. The fourth-order valence-electron chi connectivity index (χ4n) is 1.28. The van der Waals surface area contributed by atoms with E-state index in [0.29, 0.717) is 12.1 Å². The highest BCUT2D eigenvalue weighted by Crippen LogP contribution is 2.30. The number of allylic oxidation sites excluding steroid dienone is 2. The molecule has 0 spiro atoms. The van der Waals surface area contributed by atoms with Gasteiger partial charge in [-0.05, 0) is 24.3 Å². The first-order chi connectivity index (χ1) is 10.2. The molecule has 22 heavy (non-hydrogen) atoms. The second kappa shape index (κ2) is 6.17. The Hall–Kier alpha value is -3.03. The van der Waals surface area contributed by atoms with Crippen molar-refractivity contribution in [2.24, 2.45) is 0 Å². The van der Waals surface area contributed by atoms with E-state index in [1.54, 1.807) is 6.07 Å². The lowest BCUT2D eigenvalue weighted by atomic mass is 10.2. The van der Waals surface area contributed by atoms with Crippen LogP contribution in [0.3, 0.4) is 0 Å². The smallest absolute Gasteiger partial charge is 0.345 e. The Morgan fingerprint density at radius 3 is 1.86 bits per heavy atom. The number of anilines is 1. The zero-order valence-corrected chi connectivity index (χ0v) is 11.3. The molecule has 0 amide bonds. The fourth-order valence-corrected chi connectivity index (χ4v) is 2.04. The van der Waals surface area contributed by atoms with Crippen molar-refractivity contribution >= 4 is 15.5 Å². The second-order valence-corrected chi connectivity index (χ2v) is 5.63. The van der Waals surface area contributed by atoms with E-state index in [9.17, 15) is 21.6 Å². The number of sulfone groups is 1. The monoisotopic (exact) mass is 326 g/mol. The lowest BCUT2D eigenvalue weighted by molar-refractivity contribution is -0.0436. The van der Waals surface area contributed by atoms with Gasteiger partial charge in [-0.2, -0.15) is 29.0 Å². The van der Waals surface area contributed by atoms with Gasteiger partial charge in [-0.1, -0.05) is 0 Å². The Labute approximate surface area is 123 Å². The lowest BCUT2D eigenvalue weighted by Gasteiger charge is -2.09. The number of rotatable bonds is 3. The van der Waals surface area contributed by atoms with Gasteiger partial charge in [-0.25, -0.2) is 8.42 Å². The van der Waals surface area contributed by atoms with Crippen molar-refractivity contribution in [3.05, 3.63) is 35.5 Å². The van der Waals surface area contributed by atoms with Crippen LogP contribution in [0.2, 0.25) is 0 Å². The summed E-state index contributed by atoms with van der Waals surface area (Å²) in [4.78, 5) is -0.964. The molecule has 0 aliphatic rings. The fraction of sp³-hybridized carbons (Fsp3) is 0.0833. The summed E-state index contributed by atoms with van der Waals surface area (Å²) < 4.78 is 59.4. The number of hydrogen-bond donors (Lipinski definition) is 1. The van der Waals surface area contributed by atoms with Crippen LogP contribution < -0.4 is 5.32 Å². The molecule has 0 saturated carbocycles. The minimum Gasteiger partial charge on any atom is -0.345 e. The first-order valence-corrected chi connectivity index (χ1v) is 6.78. The van der Waals surface area contributed by atoms with E-state index >= 15 is 0 Å². The third kappa shape index (κ3) is 3.35. The van der Waals surface area contributed by atoms with Crippen LogP contribution in [0, 0.1) is 34.0 Å². The van der Waals surface area contributed by atoms with Crippen LogP contribution in [-0.2, 0) is 9.84 Å². The topological polar surface area (TPSA) is 118 Å². The molecule has 0 atom stereocenters. The Kier molecular flexibility index (Phi) is 4.77. The molecule has 0 aliphatic heterocycles. The van der Waals surface area contributed by atoms with Crippen molar-refractivity contribution in [3.63, 3.8) is 0 Å². The molecule has 0 aromatic heterocycles. The number of hydrogen-bond acceptors (Lipinski definition) is 6. The van der Waals surface area contributed by atoms with Gasteiger partial charge in [0.2, 0.25) is 0 Å². The summed E-state index contributed by atoms with van der Waals surface area (Å²) in [6.45, 7) is 0. The molecule has 0 heterocycles. The van der Waals surface area contributed by atoms with Gasteiger partial charge < -0.3 is 5.32 Å². The molecule has 0 fully saturated rings. The first kappa shape index (κ1) is 17.0. The van der Waals surface area contributed by atoms with Gasteiger partial charge >= 0.3 is 5.51 Å². The third-order valence-electron chi connectivity index (χ3n) is 2.32. The second-order valence-electron chi connectivity index (χ2n) is 3.68. The van der Waals surface area contributed by atoms with Crippen molar-refractivity contribution in [2.75, 3.05) is 5.32 Å². The number of nitrogens with zero attached hydrogens (tertiary/aromatic N) is 3. The molecule has 1 rings (SSSR count). The minimum absolute atomic E-state index is 0.0423. The number of nitriles is 3. The van der Waals surface area contributed by atoms with Gasteiger partial charge in [0.15, 0.2) is 5.57 Å². The molecule has 1 aromatic carbocycles. The molecular formula is C12H5F3N4O2S. The molecule has 0 bridgehead atoms. The molecule has 6 nitrogen and oxygen atoms in total. The molecule has 0 aliphatic carbocycles. The average molecular weight is 326 g/mol. The SMILES string of the molecule is N#CC(C#N)=C(C#N)Nc1ccc(S(=O)(=O)C(F)(F)F)cc1. The summed E-state index contributed by atoms with van der Waals surface area (Å²) in [6.07, 6.45) is 0. The molecular weight excluding hydrogens is 321 g/mol. The van der Waals surface area contributed by atoms with Crippen molar-refractivity contribution < 1.29 is 21.6 Å². The summed E-state index contributed by atoms with van der Waals surface area (Å²) in [6, 6.07) is 7.82. The Morgan fingerprint density at radius 2 is 1.50 bits per heavy atom. The normalized spacial score (nSPS) is 10.7. The Balaban J connectivity index is 3.17. The molecule has 0 saturated heterocycles.